The summed E-state index contributed by atoms with van der Waals surface area (Å²) in [5.41, 5.74) is 0. The minimum absolute atomic E-state index is 0.0901. The van der Waals surface area contributed by atoms with Gasteiger partial charge in [-0.3, -0.25) is 10.1 Å². The summed E-state index contributed by atoms with van der Waals surface area (Å²) in [4.78, 5) is 35.4. The molecule has 1 saturated carbocycles. The van der Waals surface area contributed by atoms with Crippen molar-refractivity contribution in [3.63, 3.8) is 0 Å². The van der Waals surface area contributed by atoms with Gasteiger partial charge in [0.25, 0.3) is 5.91 Å². The van der Waals surface area contributed by atoms with Gasteiger partial charge in [0.2, 0.25) is 5.76 Å². The molecule has 128 valence electrons. The van der Waals surface area contributed by atoms with Crippen LogP contribution in [0.15, 0.2) is 12.0 Å². The van der Waals surface area contributed by atoms with E-state index in [0.717, 1.165) is 31.9 Å². The second-order valence-corrected chi connectivity index (χ2v) is 5.55. The van der Waals surface area contributed by atoms with Crippen LogP contribution < -0.4 is 10.6 Å². The van der Waals surface area contributed by atoms with Crippen LogP contribution in [-0.4, -0.2) is 43.3 Å². The van der Waals surface area contributed by atoms with Crippen LogP contribution in [0.2, 0.25) is 0 Å². The first-order chi connectivity index (χ1) is 11.1. The van der Waals surface area contributed by atoms with Gasteiger partial charge in [-0.25, -0.2) is 9.59 Å². The van der Waals surface area contributed by atoms with Crippen molar-refractivity contribution in [1.82, 2.24) is 10.6 Å². The number of carbonyl (C=O) groups excluding carboxylic acids is 3. The number of hydrogen-bond acceptors (Lipinski definition) is 6. The maximum Gasteiger partial charge on any atom is 0.377 e. The summed E-state index contributed by atoms with van der Waals surface area (Å²) in [7, 11) is 0. The van der Waals surface area contributed by atoms with Crippen molar-refractivity contribution in [1.29, 1.82) is 0 Å². The van der Waals surface area contributed by atoms with Crippen LogP contribution in [0.25, 0.3) is 0 Å². The van der Waals surface area contributed by atoms with Crippen molar-refractivity contribution in [2.75, 3.05) is 13.2 Å². The molecule has 1 aliphatic carbocycles. The Morgan fingerprint density at radius 3 is 2.61 bits per heavy atom. The van der Waals surface area contributed by atoms with Gasteiger partial charge in [-0.15, -0.1) is 0 Å². The smallest absolute Gasteiger partial charge is 0.377 e. The van der Waals surface area contributed by atoms with Gasteiger partial charge in [0.1, 0.15) is 19.5 Å². The lowest BCUT2D eigenvalue weighted by atomic mass is 9.96. The molecule has 2 N–H and O–H groups in total. The zero-order chi connectivity index (χ0) is 16.7. The molecule has 23 heavy (non-hydrogen) atoms. The molecule has 1 aliphatic heterocycles. The minimum atomic E-state index is -1.12. The Morgan fingerprint density at radius 1 is 1.22 bits per heavy atom. The second-order valence-electron chi connectivity index (χ2n) is 5.55. The van der Waals surface area contributed by atoms with Crippen LogP contribution in [0.1, 0.15) is 39.0 Å². The predicted octanol–water partition coefficient (Wildman–Crippen LogP) is 0.965. The van der Waals surface area contributed by atoms with Gasteiger partial charge in [-0.05, 0) is 19.8 Å². The van der Waals surface area contributed by atoms with Gasteiger partial charge in [0.05, 0.1) is 0 Å². The van der Waals surface area contributed by atoms with Crippen molar-refractivity contribution in [3.05, 3.63) is 12.0 Å². The van der Waals surface area contributed by atoms with E-state index < -0.39 is 24.0 Å². The van der Waals surface area contributed by atoms with Crippen LogP contribution in [-0.2, 0) is 23.8 Å². The fraction of sp³-hybridized carbons (Fsp3) is 0.667. The largest absolute Gasteiger partial charge is 0.493 e. The molecule has 0 radical (unpaired) electrons. The van der Waals surface area contributed by atoms with Crippen LogP contribution in [0.4, 0.5) is 4.79 Å². The van der Waals surface area contributed by atoms with E-state index in [1.807, 2.05) is 0 Å². The third-order valence-electron chi connectivity index (χ3n) is 3.68. The molecule has 2 aliphatic rings. The Morgan fingerprint density at radius 2 is 1.96 bits per heavy atom. The molecular weight excluding hydrogens is 304 g/mol. The van der Waals surface area contributed by atoms with Crippen molar-refractivity contribution >= 4 is 17.9 Å². The monoisotopic (exact) mass is 326 g/mol. The van der Waals surface area contributed by atoms with Crippen molar-refractivity contribution in [3.8, 4) is 0 Å². The maximum atomic E-state index is 11.9. The van der Waals surface area contributed by atoms with E-state index in [9.17, 15) is 14.4 Å². The van der Waals surface area contributed by atoms with E-state index in [2.05, 4.69) is 10.6 Å². The summed E-state index contributed by atoms with van der Waals surface area (Å²) in [5.74, 6) is -1.59. The van der Waals surface area contributed by atoms with Gasteiger partial charge in [0.15, 0.2) is 6.10 Å². The predicted molar refractivity (Wildman–Crippen MR) is 79.1 cm³/mol. The van der Waals surface area contributed by atoms with E-state index in [-0.39, 0.29) is 18.4 Å². The lowest BCUT2D eigenvalue weighted by molar-refractivity contribution is -0.155. The van der Waals surface area contributed by atoms with Crippen molar-refractivity contribution < 1.29 is 28.6 Å². The molecule has 0 saturated heterocycles. The van der Waals surface area contributed by atoms with E-state index >= 15 is 0 Å². The topological polar surface area (TPSA) is 103 Å². The number of imide groups is 1. The third-order valence-corrected chi connectivity index (χ3v) is 3.68. The van der Waals surface area contributed by atoms with E-state index in [1.165, 1.54) is 13.3 Å². The average molecular weight is 326 g/mol. The lowest BCUT2D eigenvalue weighted by Crippen LogP contribution is -2.48. The highest BCUT2D eigenvalue weighted by molar-refractivity contribution is 5.98. The number of nitrogens with one attached hydrogen (secondary N) is 2. The standard InChI is InChI=1S/C15H22N2O6/c1-10(23-14(19)12-9-21-7-8-22-12)13(18)17-15(20)16-11-5-3-2-4-6-11/h9-11H,2-8H2,1H3,(H2,16,17,18,20)/t10-/m0/s1. The van der Waals surface area contributed by atoms with Gasteiger partial charge in [-0.2, -0.15) is 0 Å². The third kappa shape index (κ3) is 5.46. The zero-order valence-electron chi connectivity index (χ0n) is 13.1. The molecule has 0 aromatic heterocycles. The number of hydrogen-bond donors (Lipinski definition) is 2. The SMILES string of the molecule is C[C@H](OC(=O)C1=COCCO1)C(=O)NC(=O)NC1CCCCC1. The first kappa shape index (κ1) is 17.1. The number of amides is 3. The zero-order valence-corrected chi connectivity index (χ0v) is 13.1. The summed E-state index contributed by atoms with van der Waals surface area (Å²) in [6, 6.07) is -0.478. The molecule has 0 spiro atoms. The highest BCUT2D eigenvalue weighted by atomic mass is 16.6. The Hall–Kier alpha value is -2.25. The van der Waals surface area contributed by atoms with E-state index in [0.29, 0.717) is 6.61 Å². The van der Waals surface area contributed by atoms with Crippen LogP contribution in [0.3, 0.4) is 0 Å². The van der Waals surface area contributed by atoms with Gasteiger partial charge < -0.3 is 19.5 Å². The number of carbonyl (C=O) groups is 3. The van der Waals surface area contributed by atoms with Crippen molar-refractivity contribution in [2.24, 2.45) is 0 Å². The normalized spacial score (nSPS) is 19.4. The molecule has 1 atom stereocenters. The molecule has 8 nitrogen and oxygen atoms in total. The molecule has 8 heteroatoms. The Balaban J connectivity index is 1.74. The molecule has 0 aromatic carbocycles. The average Bonchev–Trinajstić information content (AvgIpc) is 2.56. The number of ether oxygens (including phenoxy) is 3. The number of rotatable bonds is 4. The lowest BCUT2D eigenvalue weighted by Gasteiger charge is -2.23. The molecule has 1 heterocycles. The maximum absolute atomic E-state index is 11.9. The summed E-state index contributed by atoms with van der Waals surface area (Å²) in [6.45, 7) is 1.98. The highest BCUT2D eigenvalue weighted by Crippen LogP contribution is 2.17. The number of urea groups is 1. The van der Waals surface area contributed by atoms with E-state index in [1.54, 1.807) is 0 Å². The quantitative estimate of drug-likeness (QED) is 0.746. The fourth-order valence-electron chi connectivity index (χ4n) is 2.43. The summed E-state index contributed by atoms with van der Waals surface area (Å²) in [6.07, 6.45) is 5.18. The Bertz CT molecular complexity index is 484. The number of esters is 1. The van der Waals surface area contributed by atoms with Crippen LogP contribution in [0.5, 0.6) is 0 Å². The molecule has 0 bridgehead atoms. The van der Waals surface area contributed by atoms with Crippen LogP contribution >= 0.6 is 0 Å². The van der Waals surface area contributed by atoms with E-state index in [4.69, 9.17) is 14.2 Å². The molecular formula is C15H22N2O6. The molecule has 3 amide bonds. The Labute approximate surface area is 134 Å². The summed E-state index contributed by atoms with van der Waals surface area (Å²) in [5, 5.41) is 4.93. The first-order valence-electron chi connectivity index (χ1n) is 7.83. The van der Waals surface area contributed by atoms with Gasteiger partial charge >= 0.3 is 12.0 Å². The van der Waals surface area contributed by atoms with Gasteiger partial charge in [-0.1, -0.05) is 19.3 Å². The first-order valence-corrected chi connectivity index (χ1v) is 7.83. The molecule has 0 unspecified atom stereocenters. The second kappa shape index (κ2) is 8.40. The fourth-order valence-corrected chi connectivity index (χ4v) is 2.43. The highest BCUT2D eigenvalue weighted by Gasteiger charge is 2.25. The van der Waals surface area contributed by atoms with Crippen molar-refractivity contribution in [2.45, 2.75) is 51.2 Å². The van der Waals surface area contributed by atoms with Crippen LogP contribution in [0, 0.1) is 0 Å². The molecule has 2 rings (SSSR count). The minimum Gasteiger partial charge on any atom is -0.493 e. The molecule has 1 fully saturated rings. The molecule has 0 aromatic rings. The van der Waals surface area contributed by atoms with Gasteiger partial charge in [0, 0.05) is 6.04 Å². The summed E-state index contributed by atoms with van der Waals surface area (Å²) < 4.78 is 14.9. The summed E-state index contributed by atoms with van der Waals surface area (Å²) >= 11 is 0. The Kier molecular flexibility index (Phi) is 6.25.